The molecule has 3 rings (SSSR count). The summed E-state index contributed by atoms with van der Waals surface area (Å²) in [5, 5.41) is 16.2. The maximum Gasteiger partial charge on any atom is 0.312 e. The molecule has 1 aliphatic rings. The van der Waals surface area contributed by atoms with Crippen LogP contribution in [0.4, 0.5) is 5.69 Å². The number of ether oxygens (including phenoxy) is 1. The molecule has 0 unspecified atom stereocenters. The van der Waals surface area contributed by atoms with Crippen LogP contribution in [0.3, 0.4) is 0 Å². The zero-order valence-corrected chi connectivity index (χ0v) is 17.0. The largest absolute Gasteiger partial charge is 0.477 e. The highest BCUT2D eigenvalue weighted by molar-refractivity contribution is 7.89. The van der Waals surface area contributed by atoms with Gasteiger partial charge in [0.15, 0.2) is 12.4 Å². The molecular formula is C19H22N4O6S. The number of carbonyl (C=O) groups is 1. The van der Waals surface area contributed by atoms with E-state index in [1.54, 1.807) is 4.90 Å². The van der Waals surface area contributed by atoms with Crippen molar-refractivity contribution in [2.45, 2.75) is 11.4 Å². The fourth-order valence-electron chi connectivity index (χ4n) is 3.17. The zero-order chi connectivity index (χ0) is 21.7. The number of nitro benzene ring substituents is 1. The monoisotopic (exact) mass is 434 g/mol. The number of amides is 1. The molecule has 160 valence electrons. The second-order valence-electron chi connectivity index (χ2n) is 6.86. The van der Waals surface area contributed by atoms with Crippen LogP contribution < -0.4 is 9.88 Å². The lowest BCUT2D eigenvalue weighted by Gasteiger charge is -2.34. The fraction of sp³-hybridized carbons (Fsp3) is 0.316. The van der Waals surface area contributed by atoms with Gasteiger partial charge in [-0.1, -0.05) is 30.3 Å². The molecule has 1 fully saturated rings. The molecular weight excluding hydrogens is 412 g/mol. The number of hydrogen-bond acceptors (Lipinski definition) is 7. The molecule has 11 heteroatoms. The topological polar surface area (TPSA) is 136 Å². The third-order valence-corrected chi connectivity index (χ3v) is 5.69. The van der Waals surface area contributed by atoms with Crippen LogP contribution in [0.5, 0.6) is 5.75 Å². The molecule has 1 saturated heterocycles. The highest BCUT2D eigenvalue weighted by Gasteiger charge is 2.24. The Morgan fingerprint density at radius 3 is 2.37 bits per heavy atom. The number of benzene rings is 2. The second kappa shape index (κ2) is 9.20. The van der Waals surface area contributed by atoms with Gasteiger partial charge in [-0.25, -0.2) is 13.6 Å². The Kier molecular flexibility index (Phi) is 6.65. The molecule has 0 aliphatic carbocycles. The van der Waals surface area contributed by atoms with Crippen molar-refractivity contribution in [1.29, 1.82) is 0 Å². The van der Waals surface area contributed by atoms with Crippen LogP contribution in [0.15, 0.2) is 53.4 Å². The number of carbonyl (C=O) groups excluding carboxylic acids is 1. The predicted molar refractivity (Wildman–Crippen MR) is 108 cm³/mol. The van der Waals surface area contributed by atoms with Crippen LogP contribution in [0.2, 0.25) is 0 Å². The van der Waals surface area contributed by atoms with E-state index < -0.39 is 25.5 Å². The first-order chi connectivity index (χ1) is 14.2. The average molecular weight is 434 g/mol. The number of sulfonamides is 1. The summed E-state index contributed by atoms with van der Waals surface area (Å²) < 4.78 is 28.1. The lowest BCUT2D eigenvalue weighted by molar-refractivity contribution is -0.386. The van der Waals surface area contributed by atoms with E-state index in [9.17, 15) is 23.3 Å². The van der Waals surface area contributed by atoms with Gasteiger partial charge in [0.1, 0.15) is 0 Å². The van der Waals surface area contributed by atoms with Crippen LogP contribution in [0.25, 0.3) is 0 Å². The Balaban J connectivity index is 1.55. The molecule has 0 radical (unpaired) electrons. The SMILES string of the molecule is NS(=O)(=O)c1ccc(OCC(=O)N2CCN(Cc3ccccc3)CC2)c([N+](=O)[O-])c1. The van der Waals surface area contributed by atoms with Crippen molar-refractivity contribution in [3.8, 4) is 5.75 Å². The summed E-state index contributed by atoms with van der Waals surface area (Å²) in [5.41, 5.74) is 0.637. The average Bonchev–Trinajstić information content (AvgIpc) is 2.72. The zero-order valence-electron chi connectivity index (χ0n) is 16.1. The van der Waals surface area contributed by atoms with Crippen molar-refractivity contribution < 1.29 is 22.9 Å². The van der Waals surface area contributed by atoms with Gasteiger partial charge < -0.3 is 9.64 Å². The molecule has 0 aromatic heterocycles. The molecule has 0 saturated carbocycles. The van der Waals surface area contributed by atoms with Crippen molar-refractivity contribution in [2.24, 2.45) is 5.14 Å². The summed E-state index contributed by atoms with van der Waals surface area (Å²) in [6.45, 7) is 2.91. The summed E-state index contributed by atoms with van der Waals surface area (Å²) in [5.74, 6) is -0.484. The Morgan fingerprint density at radius 2 is 1.77 bits per heavy atom. The third kappa shape index (κ3) is 5.53. The quantitative estimate of drug-likeness (QED) is 0.506. The summed E-state index contributed by atoms with van der Waals surface area (Å²) >= 11 is 0. The number of nitro groups is 1. The number of nitrogens with two attached hydrogens (primary N) is 1. The Labute approximate surface area is 174 Å². The summed E-state index contributed by atoms with van der Waals surface area (Å²) in [6.07, 6.45) is 0. The molecule has 0 atom stereocenters. The highest BCUT2D eigenvalue weighted by atomic mass is 32.2. The minimum Gasteiger partial charge on any atom is -0.477 e. The Morgan fingerprint density at radius 1 is 1.10 bits per heavy atom. The van der Waals surface area contributed by atoms with E-state index in [0.717, 1.165) is 24.7 Å². The number of nitrogens with zero attached hydrogens (tertiary/aromatic N) is 3. The van der Waals surface area contributed by atoms with Gasteiger partial charge >= 0.3 is 5.69 Å². The van der Waals surface area contributed by atoms with E-state index in [-0.39, 0.29) is 18.3 Å². The van der Waals surface area contributed by atoms with Crippen molar-refractivity contribution in [3.05, 3.63) is 64.2 Å². The Hall–Kier alpha value is -3.02. The van der Waals surface area contributed by atoms with Crippen LogP contribution in [-0.4, -0.2) is 61.8 Å². The molecule has 0 spiro atoms. The maximum atomic E-state index is 12.4. The minimum absolute atomic E-state index is 0.191. The molecule has 1 aliphatic heterocycles. The van der Waals surface area contributed by atoms with Crippen LogP contribution in [-0.2, 0) is 21.4 Å². The van der Waals surface area contributed by atoms with Crippen molar-refractivity contribution in [1.82, 2.24) is 9.80 Å². The molecule has 1 heterocycles. The molecule has 0 bridgehead atoms. The van der Waals surface area contributed by atoms with Gasteiger partial charge in [-0.3, -0.25) is 19.8 Å². The molecule has 2 aromatic rings. The lowest BCUT2D eigenvalue weighted by atomic mass is 10.2. The van der Waals surface area contributed by atoms with Crippen molar-refractivity contribution >= 4 is 21.6 Å². The van der Waals surface area contributed by atoms with Crippen LogP contribution in [0, 0.1) is 10.1 Å². The normalized spacial score (nSPS) is 15.0. The first-order valence-electron chi connectivity index (χ1n) is 9.22. The van der Waals surface area contributed by atoms with Gasteiger partial charge in [0.05, 0.1) is 9.82 Å². The number of rotatable bonds is 7. The summed E-state index contributed by atoms with van der Waals surface area (Å²) in [7, 11) is -4.09. The molecule has 2 N–H and O–H groups in total. The molecule has 2 aromatic carbocycles. The third-order valence-electron chi connectivity index (χ3n) is 4.78. The van der Waals surface area contributed by atoms with Gasteiger partial charge in [0.2, 0.25) is 10.0 Å². The summed E-state index contributed by atoms with van der Waals surface area (Å²) in [4.78, 5) is 26.4. The second-order valence-corrected chi connectivity index (χ2v) is 8.42. The molecule has 10 nitrogen and oxygen atoms in total. The van der Waals surface area contributed by atoms with Crippen molar-refractivity contribution in [2.75, 3.05) is 32.8 Å². The number of hydrogen-bond donors (Lipinski definition) is 1. The van der Waals surface area contributed by atoms with E-state index in [0.29, 0.717) is 26.2 Å². The minimum atomic E-state index is -4.09. The van der Waals surface area contributed by atoms with E-state index in [4.69, 9.17) is 9.88 Å². The number of primary sulfonamides is 1. The molecule has 1 amide bonds. The first kappa shape index (κ1) is 21.7. The van der Waals surface area contributed by atoms with Gasteiger partial charge in [-0.15, -0.1) is 0 Å². The van der Waals surface area contributed by atoms with Gasteiger partial charge in [-0.05, 0) is 17.7 Å². The number of piperazine rings is 1. The molecule has 30 heavy (non-hydrogen) atoms. The van der Waals surface area contributed by atoms with Gasteiger partial charge in [0, 0.05) is 38.8 Å². The summed E-state index contributed by atoms with van der Waals surface area (Å²) in [6, 6.07) is 13.1. The van der Waals surface area contributed by atoms with Crippen LogP contribution >= 0.6 is 0 Å². The van der Waals surface area contributed by atoms with E-state index >= 15 is 0 Å². The standard InChI is InChI=1S/C19H22N4O6S/c20-30(27,28)16-6-7-18(17(12-16)23(25)26)29-14-19(24)22-10-8-21(9-11-22)13-15-4-2-1-3-5-15/h1-7,12H,8-11,13-14H2,(H2,20,27,28). The lowest BCUT2D eigenvalue weighted by Crippen LogP contribution is -2.49. The smallest absolute Gasteiger partial charge is 0.312 e. The predicted octanol–water partition coefficient (Wildman–Crippen LogP) is 0.965. The van der Waals surface area contributed by atoms with E-state index in [1.807, 2.05) is 18.2 Å². The highest BCUT2D eigenvalue weighted by Crippen LogP contribution is 2.29. The van der Waals surface area contributed by atoms with Gasteiger partial charge in [-0.2, -0.15) is 0 Å². The van der Waals surface area contributed by atoms with E-state index in [2.05, 4.69) is 17.0 Å². The van der Waals surface area contributed by atoms with E-state index in [1.165, 1.54) is 5.56 Å². The fourth-order valence-corrected chi connectivity index (χ4v) is 3.70. The maximum absolute atomic E-state index is 12.4. The van der Waals surface area contributed by atoms with Crippen LogP contribution in [0.1, 0.15) is 5.56 Å². The Bertz CT molecular complexity index is 1020. The van der Waals surface area contributed by atoms with Gasteiger partial charge in [0.25, 0.3) is 5.91 Å². The van der Waals surface area contributed by atoms with Crippen molar-refractivity contribution in [3.63, 3.8) is 0 Å². The first-order valence-corrected chi connectivity index (χ1v) is 10.8.